The number of aryl methyl sites for hydroxylation is 1. The molecular formula is C12H12BrNO2. The molecule has 2 amide bonds. The fraction of sp³-hybridized carbons (Fsp3) is 0.333. The average molecular weight is 282 g/mol. The van der Waals surface area contributed by atoms with Gasteiger partial charge in [-0.1, -0.05) is 19.4 Å². The van der Waals surface area contributed by atoms with Crippen molar-refractivity contribution in [2.45, 2.75) is 26.2 Å². The number of carbonyl (C=O) groups excluding carboxylic acids is 2. The van der Waals surface area contributed by atoms with Gasteiger partial charge in [-0.05, 0) is 40.4 Å². The van der Waals surface area contributed by atoms with E-state index < -0.39 is 0 Å². The summed E-state index contributed by atoms with van der Waals surface area (Å²) in [7, 11) is 0. The van der Waals surface area contributed by atoms with Crippen LogP contribution in [0.4, 0.5) is 0 Å². The number of halogens is 1. The molecule has 0 spiro atoms. The quantitative estimate of drug-likeness (QED) is 0.866. The van der Waals surface area contributed by atoms with Crippen molar-refractivity contribution in [3.8, 4) is 0 Å². The van der Waals surface area contributed by atoms with E-state index in [1.807, 2.05) is 6.07 Å². The highest BCUT2D eigenvalue weighted by Gasteiger charge is 2.29. The minimum Gasteiger partial charge on any atom is -0.288 e. The Morgan fingerprint density at radius 3 is 2.69 bits per heavy atom. The smallest absolute Gasteiger partial charge is 0.260 e. The molecule has 0 aliphatic carbocycles. The Kier molecular flexibility index (Phi) is 3.10. The first kappa shape index (κ1) is 11.3. The van der Waals surface area contributed by atoms with Crippen molar-refractivity contribution in [3.05, 3.63) is 33.3 Å². The number of hydrogen-bond acceptors (Lipinski definition) is 2. The van der Waals surface area contributed by atoms with Crippen LogP contribution in [0.5, 0.6) is 0 Å². The summed E-state index contributed by atoms with van der Waals surface area (Å²) in [6, 6.07) is 3.64. The van der Waals surface area contributed by atoms with Gasteiger partial charge >= 0.3 is 0 Å². The van der Waals surface area contributed by atoms with E-state index in [0.717, 1.165) is 29.3 Å². The lowest BCUT2D eigenvalue weighted by atomic mass is 10.0. The Bertz CT molecular complexity index is 468. The van der Waals surface area contributed by atoms with Gasteiger partial charge in [0.2, 0.25) is 0 Å². The van der Waals surface area contributed by atoms with E-state index in [1.165, 1.54) is 0 Å². The van der Waals surface area contributed by atoms with Gasteiger partial charge in [0.15, 0.2) is 0 Å². The third-order valence-electron chi connectivity index (χ3n) is 2.72. The summed E-state index contributed by atoms with van der Waals surface area (Å²) in [6.07, 6.45) is 3.10. The Balaban J connectivity index is 2.44. The number of nitrogens with one attached hydrogen (secondary N) is 1. The molecule has 1 aliphatic rings. The maximum absolute atomic E-state index is 11.6. The number of benzene rings is 1. The zero-order valence-corrected chi connectivity index (χ0v) is 10.6. The molecule has 1 aromatic rings. The zero-order chi connectivity index (χ0) is 11.7. The first-order chi connectivity index (χ1) is 7.65. The molecule has 1 aliphatic heterocycles. The second-order valence-corrected chi connectivity index (χ2v) is 4.64. The van der Waals surface area contributed by atoms with Crippen molar-refractivity contribution in [2.75, 3.05) is 0 Å². The van der Waals surface area contributed by atoms with Crippen LogP contribution in [0.3, 0.4) is 0 Å². The molecule has 1 aromatic carbocycles. The molecule has 0 fully saturated rings. The van der Waals surface area contributed by atoms with Gasteiger partial charge in [0.05, 0.1) is 11.1 Å². The molecule has 1 heterocycles. The number of unbranched alkanes of at least 4 members (excludes halogenated alkanes) is 1. The highest BCUT2D eigenvalue weighted by Crippen LogP contribution is 2.29. The number of hydrogen-bond donors (Lipinski definition) is 1. The maximum Gasteiger partial charge on any atom is 0.260 e. The van der Waals surface area contributed by atoms with E-state index in [9.17, 15) is 9.59 Å². The second kappa shape index (κ2) is 4.37. The van der Waals surface area contributed by atoms with Crippen molar-refractivity contribution >= 4 is 27.7 Å². The van der Waals surface area contributed by atoms with E-state index in [4.69, 9.17) is 0 Å². The van der Waals surface area contributed by atoms with Gasteiger partial charge < -0.3 is 0 Å². The first-order valence-corrected chi connectivity index (χ1v) is 6.11. The Hall–Kier alpha value is -1.16. The van der Waals surface area contributed by atoms with Gasteiger partial charge in [0.1, 0.15) is 0 Å². The summed E-state index contributed by atoms with van der Waals surface area (Å²) in [5, 5.41) is 2.30. The predicted molar refractivity (Wildman–Crippen MR) is 64.6 cm³/mol. The zero-order valence-electron chi connectivity index (χ0n) is 8.97. The topological polar surface area (TPSA) is 46.2 Å². The molecule has 4 heteroatoms. The Morgan fingerprint density at radius 1 is 1.25 bits per heavy atom. The predicted octanol–water partition coefficient (Wildman–Crippen LogP) is 2.68. The van der Waals surface area contributed by atoms with Gasteiger partial charge in [-0.15, -0.1) is 0 Å². The molecule has 0 bridgehead atoms. The first-order valence-electron chi connectivity index (χ1n) is 5.32. The van der Waals surface area contributed by atoms with Crippen LogP contribution in [0.25, 0.3) is 0 Å². The molecule has 1 N–H and O–H groups in total. The standard InChI is InChI=1S/C12H12BrNO2/c1-2-3-4-7-5-6-8-9(10(7)13)12(16)14-11(8)15/h5-6H,2-4H2,1H3,(H,14,15,16). The second-order valence-electron chi connectivity index (χ2n) is 3.85. The summed E-state index contributed by atoms with van der Waals surface area (Å²) < 4.78 is 0.766. The average Bonchev–Trinajstić information content (AvgIpc) is 2.54. The van der Waals surface area contributed by atoms with Crippen LogP contribution in [-0.4, -0.2) is 11.8 Å². The molecule has 3 nitrogen and oxygen atoms in total. The highest BCUT2D eigenvalue weighted by molar-refractivity contribution is 9.10. The summed E-state index contributed by atoms with van der Waals surface area (Å²) in [4.78, 5) is 23.0. The van der Waals surface area contributed by atoms with Gasteiger partial charge in [0, 0.05) is 4.47 Å². The van der Waals surface area contributed by atoms with E-state index in [-0.39, 0.29) is 11.8 Å². The third-order valence-corrected chi connectivity index (χ3v) is 3.63. The van der Waals surface area contributed by atoms with E-state index in [2.05, 4.69) is 28.2 Å². The number of rotatable bonds is 3. The molecule has 0 unspecified atom stereocenters. The summed E-state index contributed by atoms with van der Waals surface area (Å²) in [5.74, 6) is -0.604. The van der Waals surface area contributed by atoms with Gasteiger partial charge in [0.25, 0.3) is 11.8 Å². The van der Waals surface area contributed by atoms with Crippen LogP contribution in [0.15, 0.2) is 16.6 Å². The molecular weight excluding hydrogens is 270 g/mol. The number of carbonyl (C=O) groups is 2. The molecule has 84 valence electrons. The van der Waals surface area contributed by atoms with Crippen LogP contribution in [-0.2, 0) is 6.42 Å². The largest absolute Gasteiger partial charge is 0.288 e. The lowest BCUT2D eigenvalue weighted by molar-refractivity contribution is 0.0879. The SMILES string of the molecule is CCCCc1ccc2c(c1Br)C(=O)NC2=O. The van der Waals surface area contributed by atoms with Crippen molar-refractivity contribution < 1.29 is 9.59 Å². The third kappa shape index (κ3) is 1.78. The van der Waals surface area contributed by atoms with Crippen LogP contribution in [0.2, 0.25) is 0 Å². The maximum atomic E-state index is 11.6. The van der Waals surface area contributed by atoms with Crippen LogP contribution < -0.4 is 5.32 Å². The van der Waals surface area contributed by atoms with Gasteiger partial charge in [-0.2, -0.15) is 0 Å². The summed E-state index contributed by atoms with van der Waals surface area (Å²) >= 11 is 3.42. The normalized spacial score (nSPS) is 13.9. The molecule has 0 saturated heterocycles. The lowest BCUT2D eigenvalue weighted by Gasteiger charge is -2.06. The van der Waals surface area contributed by atoms with Crippen LogP contribution in [0.1, 0.15) is 46.0 Å². The minimum atomic E-state index is -0.303. The van der Waals surface area contributed by atoms with Crippen molar-refractivity contribution in [2.24, 2.45) is 0 Å². The van der Waals surface area contributed by atoms with Crippen molar-refractivity contribution in [1.82, 2.24) is 5.32 Å². The Morgan fingerprint density at radius 2 is 2.00 bits per heavy atom. The lowest BCUT2D eigenvalue weighted by Crippen LogP contribution is -2.20. The Labute approximate surface area is 102 Å². The minimum absolute atomic E-state index is 0.301. The molecule has 2 rings (SSSR count). The van der Waals surface area contributed by atoms with E-state index >= 15 is 0 Å². The van der Waals surface area contributed by atoms with Gasteiger partial charge in [-0.25, -0.2) is 0 Å². The number of fused-ring (bicyclic) bond motifs is 1. The highest BCUT2D eigenvalue weighted by atomic mass is 79.9. The van der Waals surface area contributed by atoms with Gasteiger partial charge in [-0.3, -0.25) is 14.9 Å². The molecule has 0 aromatic heterocycles. The van der Waals surface area contributed by atoms with Crippen LogP contribution >= 0.6 is 15.9 Å². The van der Waals surface area contributed by atoms with E-state index in [1.54, 1.807) is 6.07 Å². The fourth-order valence-electron chi connectivity index (χ4n) is 1.82. The number of imide groups is 1. The van der Waals surface area contributed by atoms with Crippen LogP contribution in [0, 0.1) is 0 Å². The van der Waals surface area contributed by atoms with Crippen molar-refractivity contribution in [3.63, 3.8) is 0 Å². The number of amides is 2. The monoisotopic (exact) mass is 281 g/mol. The van der Waals surface area contributed by atoms with Crippen molar-refractivity contribution in [1.29, 1.82) is 0 Å². The summed E-state index contributed by atoms with van der Waals surface area (Å²) in [6.45, 7) is 2.12. The fourth-order valence-corrected chi connectivity index (χ4v) is 2.55. The molecule has 0 atom stereocenters. The molecule has 0 radical (unpaired) electrons. The molecule has 16 heavy (non-hydrogen) atoms. The molecule has 0 saturated carbocycles. The van der Waals surface area contributed by atoms with E-state index in [0.29, 0.717) is 11.1 Å². The summed E-state index contributed by atoms with van der Waals surface area (Å²) in [5.41, 5.74) is 2.04.